The van der Waals surface area contributed by atoms with Gasteiger partial charge in [-0.3, -0.25) is 9.59 Å². The van der Waals surface area contributed by atoms with Crippen molar-refractivity contribution in [2.45, 2.75) is 19.5 Å². The lowest BCUT2D eigenvalue weighted by molar-refractivity contribution is -0.132. The molecule has 0 bridgehead atoms. The summed E-state index contributed by atoms with van der Waals surface area (Å²) in [5.41, 5.74) is 3.49. The summed E-state index contributed by atoms with van der Waals surface area (Å²) in [6.45, 7) is 0.950. The van der Waals surface area contributed by atoms with E-state index in [-0.39, 0.29) is 18.0 Å². The molecule has 0 saturated heterocycles. The predicted octanol–water partition coefficient (Wildman–Crippen LogP) is 4.18. The predicted molar refractivity (Wildman–Crippen MR) is 126 cm³/mol. The highest BCUT2D eigenvalue weighted by Crippen LogP contribution is 2.14. The van der Waals surface area contributed by atoms with E-state index in [1.165, 1.54) is 16.3 Å². The highest BCUT2D eigenvalue weighted by atomic mass is 16.2. The molecule has 1 aromatic heterocycles. The summed E-state index contributed by atoms with van der Waals surface area (Å²) in [4.78, 5) is 27.5. The van der Waals surface area contributed by atoms with Crippen LogP contribution in [0.4, 0.5) is 0 Å². The quantitative estimate of drug-likeness (QED) is 0.427. The third-order valence-corrected chi connectivity index (χ3v) is 5.30. The van der Waals surface area contributed by atoms with Crippen molar-refractivity contribution in [1.29, 1.82) is 0 Å². The molecule has 4 aromatic rings. The molecule has 1 amide bonds. The fourth-order valence-corrected chi connectivity index (χ4v) is 3.56. The van der Waals surface area contributed by atoms with Gasteiger partial charge in [0.05, 0.1) is 5.69 Å². The number of amides is 1. The van der Waals surface area contributed by atoms with Crippen LogP contribution in [0.15, 0.2) is 108 Å². The minimum absolute atomic E-state index is 0.0961. The van der Waals surface area contributed by atoms with Crippen LogP contribution in [0.5, 0.6) is 0 Å². The van der Waals surface area contributed by atoms with E-state index in [9.17, 15) is 9.59 Å². The average Bonchev–Trinajstić information content (AvgIpc) is 2.85. The number of carbonyl (C=O) groups excluding carboxylic acids is 1. The second kappa shape index (κ2) is 10.4. The second-order valence-corrected chi connectivity index (χ2v) is 7.62. The largest absolute Gasteiger partial charge is 0.336 e. The topological polar surface area (TPSA) is 55.2 Å². The lowest BCUT2D eigenvalue weighted by Crippen LogP contribution is -2.38. The Morgan fingerprint density at radius 1 is 0.750 bits per heavy atom. The molecule has 160 valence electrons. The molecular formula is C27H25N3O2. The SMILES string of the molecule is O=C(Cn1nc(-c2ccccc2)ccc1=O)N(CCc1ccccc1)Cc1ccccc1. The second-order valence-electron chi connectivity index (χ2n) is 7.62. The Balaban J connectivity index is 1.54. The normalized spacial score (nSPS) is 10.6. The fourth-order valence-electron chi connectivity index (χ4n) is 3.56. The summed E-state index contributed by atoms with van der Waals surface area (Å²) < 4.78 is 1.26. The van der Waals surface area contributed by atoms with Gasteiger partial charge in [0.25, 0.3) is 5.56 Å². The van der Waals surface area contributed by atoms with Gasteiger partial charge in [0.2, 0.25) is 5.91 Å². The van der Waals surface area contributed by atoms with Gasteiger partial charge in [0.15, 0.2) is 0 Å². The van der Waals surface area contributed by atoms with Crippen molar-refractivity contribution in [3.05, 3.63) is 125 Å². The van der Waals surface area contributed by atoms with E-state index in [0.717, 1.165) is 17.5 Å². The molecule has 0 aliphatic carbocycles. The van der Waals surface area contributed by atoms with Crippen LogP contribution in [0.1, 0.15) is 11.1 Å². The number of hydrogen-bond donors (Lipinski definition) is 0. The maximum absolute atomic E-state index is 13.3. The van der Waals surface area contributed by atoms with Crippen molar-refractivity contribution in [2.75, 3.05) is 6.54 Å². The maximum Gasteiger partial charge on any atom is 0.267 e. The van der Waals surface area contributed by atoms with Crippen molar-refractivity contribution in [3.8, 4) is 11.3 Å². The summed E-state index contributed by atoms with van der Waals surface area (Å²) >= 11 is 0. The molecular weight excluding hydrogens is 398 g/mol. The highest BCUT2D eigenvalue weighted by Gasteiger charge is 2.16. The smallest absolute Gasteiger partial charge is 0.267 e. The van der Waals surface area contributed by atoms with Gasteiger partial charge >= 0.3 is 0 Å². The Hall–Kier alpha value is -3.99. The zero-order valence-corrected chi connectivity index (χ0v) is 17.8. The van der Waals surface area contributed by atoms with E-state index >= 15 is 0 Å². The number of aromatic nitrogens is 2. The molecule has 0 N–H and O–H groups in total. The van der Waals surface area contributed by atoms with E-state index in [4.69, 9.17) is 0 Å². The van der Waals surface area contributed by atoms with Crippen LogP contribution in [0.2, 0.25) is 0 Å². The van der Waals surface area contributed by atoms with Crippen molar-refractivity contribution in [3.63, 3.8) is 0 Å². The number of nitrogens with zero attached hydrogens (tertiary/aromatic N) is 3. The van der Waals surface area contributed by atoms with Gasteiger partial charge in [0, 0.05) is 24.7 Å². The van der Waals surface area contributed by atoms with E-state index < -0.39 is 0 Å². The molecule has 0 saturated carbocycles. The van der Waals surface area contributed by atoms with Crippen LogP contribution in [0.3, 0.4) is 0 Å². The zero-order valence-electron chi connectivity index (χ0n) is 17.8. The highest BCUT2D eigenvalue weighted by molar-refractivity contribution is 5.76. The van der Waals surface area contributed by atoms with Crippen LogP contribution < -0.4 is 5.56 Å². The Bertz CT molecular complexity index is 1210. The van der Waals surface area contributed by atoms with Gasteiger partial charge in [-0.15, -0.1) is 0 Å². The molecule has 0 aliphatic heterocycles. The van der Waals surface area contributed by atoms with Crippen molar-refractivity contribution < 1.29 is 4.79 Å². The van der Waals surface area contributed by atoms with Gasteiger partial charge in [-0.25, -0.2) is 4.68 Å². The molecule has 5 heteroatoms. The average molecular weight is 424 g/mol. The summed E-state index contributed by atoms with van der Waals surface area (Å²) in [7, 11) is 0. The van der Waals surface area contributed by atoms with Crippen LogP contribution in [-0.4, -0.2) is 27.1 Å². The molecule has 0 aliphatic rings. The van der Waals surface area contributed by atoms with Crippen molar-refractivity contribution >= 4 is 5.91 Å². The van der Waals surface area contributed by atoms with Gasteiger partial charge in [0.1, 0.15) is 6.54 Å². The first-order chi connectivity index (χ1) is 15.7. The Labute approximate surface area is 187 Å². The van der Waals surface area contributed by atoms with Crippen LogP contribution in [0.25, 0.3) is 11.3 Å². The molecule has 0 radical (unpaired) electrons. The zero-order chi connectivity index (χ0) is 22.2. The summed E-state index contributed by atoms with van der Waals surface area (Å²) in [6.07, 6.45) is 0.742. The molecule has 0 spiro atoms. The van der Waals surface area contributed by atoms with Gasteiger partial charge in [-0.1, -0.05) is 91.0 Å². The van der Waals surface area contributed by atoms with Crippen LogP contribution >= 0.6 is 0 Å². The molecule has 4 rings (SSSR count). The first-order valence-corrected chi connectivity index (χ1v) is 10.7. The standard InChI is InChI=1S/C27H25N3O2/c31-26-17-16-25(24-14-8-3-9-15-24)28-30(26)21-27(32)29(20-23-12-6-2-7-13-23)19-18-22-10-4-1-5-11-22/h1-17H,18-21H2. The lowest BCUT2D eigenvalue weighted by atomic mass is 10.1. The molecule has 32 heavy (non-hydrogen) atoms. The Morgan fingerprint density at radius 2 is 1.34 bits per heavy atom. The molecule has 3 aromatic carbocycles. The third-order valence-electron chi connectivity index (χ3n) is 5.30. The monoisotopic (exact) mass is 423 g/mol. The number of hydrogen-bond acceptors (Lipinski definition) is 3. The van der Waals surface area contributed by atoms with Crippen LogP contribution in [-0.2, 0) is 24.3 Å². The minimum Gasteiger partial charge on any atom is -0.336 e. The summed E-state index contributed by atoms with van der Waals surface area (Å²) in [6, 6.07) is 32.8. The number of rotatable bonds is 8. The minimum atomic E-state index is -0.291. The summed E-state index contributed by atoms with van der Waals surface area (Å²) in [5, 5.41) is 4.45. The molecule has 0 unspecified atom stereocenters. The molecule has 0 atom stereocenters. The van der Waals surface area contributed by atoms with Gasteiger partial charge in [-0.05, 0) is 23.6 Å². The van der Waals surface area contributed by atoms with E-state index in [1.54, 1.807) is 11.0 Å². The lowest BCUT2D eigenvalue weighted by Gasteiger charge is -2.23. The van der Waals surface area contributed by atoms with E-state index in [1.807, 2.05) is 78.9 Å². The van der Waals surface area contributed by atoms with Crippen molar-refractivity contribution in [2.24, 2.45) is 0 Å². The van der Waals surface area contributed by atoms with Gasteiger partial charge < -0.3 is 4.90 Å². The van der Waals surface area contributed by atoms with Gasteiger partial charge in [-0.2, -0.15) is 5.10 Å². The first kappa shape index (κ1) is 21.2. The Morgan fingerprint density at radius 3 is 2.00 bits per heavy atom. The summed E-state index contributed by atoms with van der Waals surface area (Å²) in [5.74, 6) is -0.135. The fraction of sp³-hybridized carbons (Fsp3) is 0.148. The van der Waals surface area contributed by atoms with E-state index in [0.29, 0.717) is 18.8 Å². The number of carbonyl (C=O) groups is 1. The first-order valence-electron chi connectivity index (χ1n) is 10.7. The van der Waals surface area contributed by atoms with Crippen molar-refractivity contribution in [1.82, 2.24) is 14.7 Å². The van der Waals surface area contributed by atoms with Crippen LogP contribution in [0, 0.1) is 0 Å². The molecule has 5 nitrogen and oxygen atoms in total. The molecule has 1 heterocycles. The third kappa shape index (κ3) is 5.58. The van der Waals surface area contributed by atoms with E-state index in [2.05, 4.69) is 17.2 Å². The molecule has 0 fully saturated rings. The maximum atomic E-state index is 13.3. The number of benzene rings is 3. The Kier molecular flexibility index (Phi) is 6.88.